The fourth-order valence-electron chi connectivity index (χ4n) is 1.25. The van der Waals surface area contributed by atoms with Gasteiger partial charge < -0.3 is 5.32 Å². The molecule has 0 spiro atoms. The second-order valence-corrected chi connectivity index (χ2v) is 4.21. The van der Waals surface area contributed by atoms with Gasteiger partial charge in [0.15, 0.2) is 0 Å². The first kappa shape index (κ1) is 11.0. The van der Waals surface area contributed by atoms with Crippen LogP contribution in [0.5, 0.6) is 0 Å². The molecule has 0 saturated heterocycles. The highest BCUT2D eigenvalue weighted by Crippen LogP contribution is 2.31. The standard InChI is InChI=1S/C10H23N/c1-7-10(4,5)8(2)9(3)11-6/h8-9,11H,7H2,1-6H3/t8-,9?/m1/s1. The van der Waals surface area contributed by atoms with Crippen molar-refractivity contribution in [3.63, 3.8) is 0 Å². The van der Waals surface area contributed by atoms with Crippen LogP contribution in [0, 0.1) is 11.3 Å². The maximum Gasteiger partial charge on any atom is 0.00664 e. The van der Waals surface area contributed by atoms with E-state index < -0.39 is 0 Å². The van der Waals surface area contributed by atoms with Gasteiger partial charge in [-0.25, -0.2) is 0 Å². The van der Waals surface area contributed by atoms with Crippen molar-refractivity contribution in [1.82, 2.24) is 5.32 Å². The van der Waals surface area contributed by atoms with E-state index in [4.69, 9.17) is 0 Å². The number of hydrogen-bond acceptors (Lipinski definition) is 1. The Bertz CT molecular complexity index is 107. The molecule has 0 aliphatic heterocycles. The van der Waals surface area contributed by atoms with Crippen molar-refractivity contribution in [2.24, 2.45) is 11.3 Å². The quantitative estimate of drug-likeness (QED) is 0.661. The second kappa shape index (κ2) is 4.10. The fraction of sp³-hybridized carbons (Fsp3) is 1.00. The Hall–Kier alpha value is -0.0400. The zero-order valence-electron chi connectivity index (χ0n) is 8.86. The molecule has 0 aliphatic carbocycles. The second-order valence-electron chi connectivity index (χ2n) is 4.21. The van der Waals surface area contributed by atoms with Gasteiger partial charge in [-0.15, -0.1) is 0 Å². The van der Waals surface area contributed by atoms with Crippen molar-refractivity contribution >= 4 is 0 Å². The van der Waals surface area contributed by atoms with Crippen molar-refractivity contribution < 1.29 is 0 Å². The van der Waals surface area contributed by atoms with Crippen LogP contribution in [0.2, 0.25) is 0 Å². The summed E-state index contributed by atoms with van der Waals surface area (Å²) in [4.78, 5) is 0. The Kier molecular flexibility index (Phi) is 4.09. The highest BCUT2D eigenvalue weighted by Gasteiger charge is 2.27. The van der Waals surface area contributed by atoms with Crippen LogP contribution in [0.1, 0.15) is 41.0 Å². The zero-order chi connectivity index (χ0) is 9.07. The monoisotopic (exact) mass is 157 g/mol. The van der Waals surface area contributed by atoms with Crippen molar-refractivity contribution in [3.8, 4) is 0 Å². The predicted molar refractivity (Wildman–Crippen MR) is 51.8 cm³/mol. The van der Waals surface area contributed by atoms with Gasteiger partial charge in [0.05, 0.1) is 0 Å². The molecule has 0 aromatic heterocycles. The normalized spacial score (nSPS) is 18.0. The smallest absolute Gasteiger partial charge is 0.00664 e. The maximum absolute atomic E-state index is 3.31. The minimum absolute atomic E-state index is 0.461. The summed E-state index contributed by atoms with van der Waals surface area (Å²) >= 11 is 0. The van der Waals surface area contributed by atoms with Gasteiger partial charge in [-0.3, -0.25) is 0 Å². The van der Waals surface area contributed by atoms with Gasteiger partial charge >= 0.3 is 0 Å². The molecule has 1 heteroatoms. The molecule has 0 heterocycles. The van der Waals surface area contributed by atoms with Crippen LogP contribution in [-0.4, -0.2) is 13.1 Å². The van der Waals surface area contributed by atoms with Crippen molar-refractivity contribution in [2.75, 3.05) is 7.05 Å². The van der Waals surface area contributed by atoms with Gasteiger partial charge in [-0.05, 0) is 25.3 Å². The SMILES string of the molecule is CCC(C)(C)[C@H](C)C(C)NC. The molecule has 1 unspecified atom stereocenters. The van der Waals surface area contributed by atoms with E-state index in [2.05, 4.69) is 39.9 Å². The number of rotatable bonds is 4. The molecule has 0 aliphatic rings. The summed E-state index contributed by atoms with van der Waals surface area (Å²) < 4.78 is 0. The molecule has 0 radical (unpaired) electrons. The molecule has 0 aromatic carbocycles. The Balaban J connectivity index is 4.10. The minimum atomic E-state index is 0.461. The van der Waals surface area contributed by atoms with Gasteiger partial charge in [0.1, 0.15) is 0 Å². The van der Waals surface area contributed by atoms with E-state index in [9.17, 15) is 0 Å². The van der Waals surface area contributed by atoms with Gasteiger partial charge in [0.25, 0.3) is 0 Å². The third-order valence-corrected chi connectivity index (χ3v) is 3.35. The van der Waals surface area contributed by atoms with Crippen LogP contribution >= 0.6 is 0 Å². The molecule has 0 saturated carbocycles. The average Bonchev–Trinajstić information content (AvgIpc) is 2.01. The Morgan fingerprint density at radius 2 is 1.73 bits per heavy atom. The summed E-state index contributed by atoms with van der Waals surface area (Å²) in [6.45, 7) is 11.5. The van der Waals surface area contributed by atoms with E-state index in [1.165, 1.54) is 6.42 Å². The first-order valence-corrected chi connectivity index (χ1v) is 4.63. The molecule has 0 bridgehead atoms. The summed E-state index contributed by atoms with van der Waals surface area (Å²) in [5, 5.41) is 3.31. The van der Waals surface area contributed by atoms with Gasteiger partial charge in [-0.2, -0.15) is 0 Å². The van der Waals surface area contributed by atoms with E-state index in [1.54, 1.807) is 0 Å². The summed E-state index contributed by atoms with van der Waals surface area (Å²) in [7, 11) is 2.03. The highest BCUT2D eigenvalue weighted by atomic mass is 14.9. The van der Waals surface area contributed by atoms with Crippen LogP contribution in [0.15, 0.2) is 0 Å². The third kappa shape index (κ3) is 2.82. The molecule has 11 heavy (non-hydrogen) atoms. The highest BCUT2D eigenvalue weighted by molar-refractivity contribution is 4.80. The molecule has 68 valence electrons. The fourth-order valence-corrected chi connectivity index (χ4v) is 1.25. The van der Waals surface area contributed by atoms with Gasteiger partial charge in [-0.1, -0.05) is 34.1 Å². The number of hydrogen-bond donors (Lipinski definition) is 1. The Morgan fingerprint density at radius 1 is 1.27 bits per heavy atom. The molecular formula is C10H23N. The average molecular weight is 157 g/mol. The van der Waals surface area contributed by atoms with Gasteiger partial charge in [0, 0.05) is 6.04 Å². The molecule has 0 rings (SSSR count). The summed E-state index contributed by atoms with van der Waals surface area (Å²) in [5.74, 6) is 0.734. The van der Waals surface area contributed by atoms with E-state index in [1.807, 2.05) is 7.05 Å². The first-order chi connectivity index (χ1) is 4.95. The molecule has 2 atom stereocenters. The van der Waals surface area contributed by atoms with Crippen LogP contribution in [-0.2, 0) is 0 Å². The first-order valence-electron chi connectivity index (χ1n) is 4.63. The van der Waals surface area contributed by atoms with E-state index >= 15 is 0 Å². The van der Waals surface area contributed by atoms with Crippen LogP contribution < -0.4 is 5.32 Å². The lowest BCUT2D eigenvalue weighted by Gasteiger charge is -2.34. The molecule has 0 aromatic rings. The van der Waals surface area contributed by atoms with E-state index in [-0.39, 0.29) is 0 Å². The van der Waals surface area contributed by atoms with Crippen LogP contribution in [0.25, 0.3) is 0 Å². The lowest BCUT2D eigenvalue weighted by atomic mass is 9.74. The lowest BCUT2D eigenvalue weighted by Crippen LogP contribution is -2.37. The molecule has 0 fully saturated rings. The molecule has 1 N–H and O–H groups in total. The Morgan fingerprint density at radius 3 is 2.00 bits per heavy atom. The molecule has 1 nitrogen and oxygen atoms in total. The molecule has 0 amide bonds. The topological polar surface area (TPSA) is 12.0 Å². The van der Waals surface area contributed by atoms with Crippen LogP contribution in [0.4, 0.5) is 0 Å². The Labute approximate surface area is 71.6 Å². The van der Waals surface area contributed by atoms with Crippen molar-refractivity contribution in [1.29, 1.82) is 0 Å². The number of nitrogens with one attached hydrogen (secondary N) is 1. The van der Waals surface area contributed by atoms with Gasteiger partial charge in [0.2, 0.25) is 0 Å². The summed E-state index contributed by atoms with van der Waals surface area (Å²) in [6, 6.07) is 0.616. The van der Waals surface area contributed by atoms with Crippen LogP contribution in [0.3, 0.4) is 0 Å². The summed E-state index contributed by atoms with van der Waals surface area (Å²) in [6.07, 6.45) is 1.25. The molecular weight excluding hydrogens is 134 g/mol. The largest absolute Gasteiger partial charge is 0.317 e. The lowest BCUT2D eigenvalue weighted by molar-refractivity contribution is 0.181. The van der Waals surface area contributed by atoms with E-state index in [0.717, 1.165) is 5.92 Å². The third-order valence-electron chi connectivity index (χ3n) is 3.35. The minimum Gasteiger partial charge on any atom is -0.317 e. The maximum atomic E-state index is 3.31. The van der Waals surface area contributed by atoms with E-state index in [0.29, 0.717) is 11.5 Å². The van der Waals surface area contributed by atoms with Crippen molar-refractivity contribution in [3.05, 3.63) is 0 Å². The summed E-state index contributed by atoms with van der Waals surface area (Å²) in [5.41, 5.74) is 0.461. The zero-order valence-corrected chi connectivity index (χ0v) is 8.86. The van der Waals surface area contributed by atoms with Crippen molar-refractivity contribution in [2.45, 2.75) is 47.1 Å². The predicted octanol–water partition coefficient (Wildman–Crippen LogP) is 2.67.